The number of hydrogen-bond acceptors (Lipinski definition) is 4. The number of nitrogens with one attached hydrogen (secondary N) is 2. The Morgan fingerprint density at radius 2 is 0.763 bits per heavy atom. The van der Waals surface area contributed by atoms with Crippen molar-refractivity contribution in [1.29, 1.82) is 0 Å². The lowest BCUT2D eigenvalue weighted by molar-refractivity contribution is 0.0834. The number of carbonyl (C=O) groups is 2. The lowest BCUT2D eigenvalue weighted by Gasteiger charge is -2.18. The van der Waals surface area contributed by atoms with Crippen molar-refractivity contribution >= 4 is 12.2 Å². The molecule has 6 heteroatoms. The highest BCUT2D eigenvalue weighted by Crippen LogP contribution is 2.16. The van der Waals surface area contributed by atoms with Crippen LogP contribution >= 0.6 is 0 Å². The minimum absolute atomic E-state index is 0.0463. The molecule has 0 radical (unpaired) electrons. The highest BCUT2D eigenvalue weighted by molar-refractivity contribution is 5.67. The van der Waals surface area contributed by atoms with Gasteiger partial charge < -0.3 is 20.1 Å². The van der Waals surface area contributed by atoms with Crippen molar-refractivity contribution in [3.63, 3.8) is 0 Å². The Balaban J connectivity index is 3.92. The lowest BCUT2D eigenvalue weighted by atomic mass is 10.0. The zero-order chi connectivity index (χ0) is 28.1. The van der Waals surface area contributed by atoms with E-state index in [2.05, 4.69) is 38.3 Å². The third-order valence-corrected chi connectivity index (χ3v) is 7.21. The Labute approximate surface area is 236 Å². The first-order chi connectivity index (χ1) is 18.6. The van der Waals surface area contributed by atoms with Gasteiger partial charge in [-0.25, -0.2) is 9.59 Å². The molecule has 0 aliphatic rings. The molecule has 0 aromatic heterocycles. The van der Waals surface area contributed by atoms with Crippen molar-refractivity contribution in [1.82, 2.24) is 10.6 Å². The fourth-order valence-electron chi connectivity index (χ4n) is 4.71. The molecular weight excluding hydrogens is 476 g/mol. The van der Waals surface area contributed by atoms with Crippen molar-refractivity contribution in [3.8, 4) is 0 Å². The largest absolute Gasteiger partial charge is 0.446 e. The monoisotopic (exact) mass is 540 g/mol. The molecule has 2 atom stereocenters. The van der Waals surface area contributed by atoms with Gasteiger partial charge in [-0.05, 0) is 51.4 Å². The summed E-state index contributed by atoms with van der Waals surface area (Å²) in [5, 5.41) is 5.85. The topological polar surface area (TPSA) is 76.7 Å². The maximum atomic E-state index is 12.2. The molecule has 226 valence electrons. The van der Waals surface area contributed by atoms with E-state index in [-0.39, 0.29) is 24.4 Å². The van der Waals surface area contributed by atoms with Crippen LogP contribution in [0.5, 0.6) is 0 Å². The molecular formula is C32H64N2O4. The van der Waals surface area contributed by atoms with Crippen LogP contribution in [0.2, 0.25) is 0 Å². The van der Waals surface area contributed by atoms with Gasteiger partial charge in [0.15, 0.2) is 0 Å². The molecule has 2 amide bonds. The number of ether oxygens (including phenoxy) is 2. The molecule has 0 rings (SSSR count). The Morgan fingerprint density at radius 3 is 1.13 bits per heavy atom. The summed E-state index contributed by atoms with van der Waals surface area (Å²) in [5.41, 5.74) is 0. The number of hydrogen-bond donors (Lipinski definition) is 2. The number of unbranched alkanes of at least 4 members (excludes halogenated alkanes) is 13. The average molecular weight is 541 g/mol. The molecule has 0 bridgehead atoms. The van der Waals surface area contributed by atoms with E-state index >= 15 is 0 Å². The summed E-state index contributed by atoms with van der Waals surface area (Å²) in [5.74, 6) is 0. The van der Waals surface area contributed by atoms with Gasteiger partial charge in [-0.2, -0.15) is 0 Å². The zero-order valence-corrected chi connectivity index (χ0v) is 25.8. The van der Waals surface area contributed by atoms with Crippen molar-refractivity contribution in [3.05, 3.63) is 0 Å². The molecule has 0 fully saturated rings. The molecule has 0 aromatic rings. The molecule has 0 aliphatic heterocycles. The second-order valence-corrected chi connectivity index (χ2v) is 11.0. The summed E-state index contributed by atoms with van der Waals surface area (Å²) in [4.78, 5) is 24.5. The number of alkyl carbamates (subject to hydrolysis) is 2. The predicted molar refractivity (Wildman–Crippen MR) is 161 cm³/mol. The number of amides is 2. The molecule has 0 spiro atoms. The first-order valence-corrected chi connectivity index (χ1v) is 16.5. The van der Waals surface area contributed by atoms with Gasteiger partial charge in [-0.1, -0.05) is 118 Å². The van der Waals surface area contributed by atoms with E-state index < -0.39 is 0 Å². The fourth-order valence-corrected chi connectivity index (χ4v) is 4.71. The van der Waals surface area contributed by atoms with Gasteiger partial charge in [0.2, 0.25) is 0 Å². The van der Waals surface area contributed by atoms with Crippen LogP contribution < -0.4 is 10.6 Å². The SMILES string of the molecule is CCCCCCCC(CCCC)OC(=O)NCCCCCCNC(=O)OC(CCCC)CCCCCCC. The number of carbonyl (C=O) groups excluding carboxylic acids is 2. The standard InChI is InChI=1S/C32H64N2O4/c1-5-9-13-15-19-25-29(23-11-7-3)37-31(35)33-27-21-17-18-22-28-34-32(36)38-30(24-12-8-4)26-20-16-14-10-6-2/h29-30H,5-28H2,1-4H3,(H,33,35)(H,34,36). The fraction of sp³-hybridized carbons (Fsp3) is 0.938. The van der Waals surface area contributed by atoms with Gasteiger partial charge in [0.05, 0.1) is 0 Å². The molecule has 0 aliphatic carbocycles. The predicted octanol–water partition coefficient (Wildman–Crippen LogP) is 9.84. The van der Waals surface area contributed by atoms with Gasteiger partial charge in [0.25, 0.3) is 0 Å². The normalized spacial score (nSPS) is 12.6. The smallest absolute Gasteiger partial charge is 0.407 e. The Kier molecular flexibility index (Phi) is 27.4. The third kappa shape index (κ3) is 24.9. The van der Waals surface area contributed by atoms with Crippen LogP contribution in [0.4, 0.5) is 9.59 Å². The van der Waals surface area contributed by atoms with Crippen molar-refractivity contribution in [2.75, 3.05) is 13.1 Å². The second kappa shape index (κ2) is 28.5. The van der Waals surface area contributed by atoms with Crippen LogP contribution in [-0.2, 0) is 9.47 Å². The first kappa shape index (κ1) is 36.5. The van der Waals surface area contributed by atoms with Crippen molar-refractivity contribution in [2.45, 2.75) is 181 Å². The molecule has 6 nitrogen and oxygen atoms in total. The quantitative estimate of drug-likeness (QED) is 0.102. The van der Waals surface area contributed by atoms with Crippen molar-refractivity contribution < 1.29 is 19.1 Å². The van der Waals surface area contributed by atoms with E-state index in [1.54, 1.807) is 0 Å². The highest BCUT2D eigenvalue weighted by Gasteiger charge is 2.15. The van der Waals surface area contributed by atoms with Gasteiger partial charge in [-0.15, -0.1) is 0 Å². The molecule has 2 unspecified atom stereocenters. The Hall–Kier alpha value is -1.46. The summed E-state index contributed by atoms with van der Waals surface area (Å²) >= 11 is 0. The van der Waals surface area contributed by atoms with Gasteiger partial charge in [0.1, 0.15) is 12.2 Å². The molecule has 2 N–H and O–H groups in total. The summed E-state index contributed by atoms with van der Waals surface area (Å²) in [6.45, 7) is 10.1. The second-order valence-electron chi connectivity index (χ2n) is 11.0. The maximum absolute atomic E-state index is 12.2. The highest BCUT2D eigenvalue weighted by atomic mass is 16.6. The van der Waals surface area contributed by atoms with Crippen LogP contribution in [-0.4, -0.2) is 37.5 Å². The summed E-state index contributed by atoms with van der Waals surface area (Å²) in [6.07, 6.45) is 24.2. The molecule has 38 heavy (non-hydrogen) atoms. The molecule has 0 aromatic carbocycles. The van der Waals surface area contributed by atoms with E-state index in [4.69, 9.17) is 9.47 Å². The minimum atomic E-state index is -0.271. The summed E-state index contributed by atoms with van der Waals surface area (Å²) < 4.78 is 11.4. The first-order valence-electron chi connectivity index (χ1n) is 16.5. The average Bonchev–Trinajstić information content (AvgIpc) is 2.91. The molecule has 0 heterocycles. The van der Waals surface area contributed by atoms with E-state index in [1.165, 1.54) is 51.4 Å². The van der Waals surface area contributed by atoms with Crippen molar-refractivity contribution in [2.24, 2.45) is 0 Å². The van der Waals surface area contributed by atoms with E-state index in [0.29, 0.717) is 13.1 Å². The van der Waals surface area contributed by atoms with Crippen LogP contribution in [0.25, 0.3) is 0 Å². The van der Waals surface area contributed by atoms with Crippen LogP contribution in [0, 0.1) is 0 Å². The van der Waals surface area contributed by atoms with Crippen LogP contribution in [0.3, 0.4) is 0 Å². The Bertz CT molecular complexity index is 484. The number of rotatable bonds is 27. The van der Waals surface area contributed by atoms with Crippen LogP contribution in [0.1, 0.15) is 169 Å². The van der Waals surface area contributed by atoms with Crippen LogP contribution in [0.15, 0.2) is 0 Å². The van der Waals surface area contributed by atoms with Gasteiger partial charge in [-0.3, -0.25) is 0 Å². The zero-order valence-electron chi connectivity index (χ0n) is 25.8. The lowest BCUT2D eigenvalue weighted by Crippen LogP contribution is -2.30. The third-order valence-electron chi connectivity index (χ3n) is 7.21. The van der Waals surface area contributed by atoms with Gasteiger partial charge >= 0.3 is 12.2 Å². The van der Waals surface area contributed by atoms with E-state index in [9.17, 15) is 9.59 Å². The summed E-state index contributed by atoms with van der Waals surface area (Å²) in [7, 11) is 0. The Morgan fingerprint density at radius 1 is 0.447 bits per heavy atom. The molecule has 0 saturated carbocycles. The van der Waals surface area contributed by atoms with E-state index in [0.717, 1.165) is 89.9 Å². The molecule has 0 saturated heterocycles. The maximum Gasteiger partial charge on any atom is 0.407 e. The van der Waals surface area contributed by atoms with Gasteiger partial charge in [0, 0.05) is 13.1 Å². The van der Waals surface area contributed by atoms with E-state index in [1.807, 2.05) is 0 Å². The minimum Gasteiger partial charge on any atom is -0.446 e. The summed E-state index contributed by atoms with van der Waals surface area (Å²) in [6, 6.07) is 0.